The highest BCUT2D eigenvalue weighted by molar-refractivity contribution is 14.2. The summed E-state index contributed by atoms with van der Waals surface area (Å²) < 4.78 is 4.65. The number of anilines is 1. The molecule has 2 aliphatic heterocycles. The maximum absolute atomic E-state index is 6.04. The van der Waals surface area contributed by atoms with E-state index in [2.05, 4.69) is 302 Å². The first-order chi connectivity index (χ1) is 43.5. The predicted octanol–water partition coefficient (Wildman–Crippen LogP) is 22.3. The van der Waals surface area contributed by atoms with Gasteiger partial charge in [-0.3, -0.25) is 0 Å². The van der Waals surface area contributed by atoms with Gasteiger partial charge in [0.15, 0.2) is 3.76 Å². The van der Waals surface area contributed by atoms with Gasteiger partial charge in [0.25, 0.3) is 0 Å². The minimum atomic E-state index is -0.671. The van der Waals surface area contributed by atoms with Crippen molar-refractivity contribution in [3.8, 4) is 5.69 Å². The quantitative estimate of drug-likeness (QED) is 0.0955. The first-order valence-corrected chi connectivity index (χ1v) is 33.2. The summed E-state index contributed by atoms with van der Waals surface area (Å²) in [7, 11) is 0. The molecule has 3 heterocycles. The lowest BCUT2D eigenvalue weighted by Crippen LogP contribution is -2.46. The van der Waals surface area contributed by atoms with Crippen molar-refractivity contribution in [2.24, 2.45) is 4.99 Å². The molecule has 0 amide bonds. The monoisotopic (exact) mass is 1230 g/mol. The summed E-state index contributed by atoms with van der Waals surface area (Å²) in [6.45, 7) is 2.47. The molecule has 3 nitrogen and oxygen atoms in total. The molecule has 88 heavy (non-hydrogen) atoms. The summed E-state index contributed by atoms with van der Waals surface area (Å²) in [4.78, 5) is 8.71. The zero-order valence-electron chi connectivity index (χ0n) is 48.3. The summed E-state index contributed by atoms with van der Waals surface area (Å²) in [5, 5.41) is 25.5. The Bertz CT molecular complexity index is 5850. The Morgan fingerprint density at radius 2 is 0.795 bits per heavy atom. The van der Waals surface area contributed by atoms with Crippen LogP contribution in [0.2, 0.25) is 0 Å². The van der Waals surface area contributed by atoms with E-state index in [9.17, 15) is 0 Å². The Labute approximate surface area is 518 Å². The van der Waals surface area contributed by atoms with Gasteiger partial charge in [0.2, 0.25) is 0 Å². The molecule has 1 unspecified atom stereocenters. The molecule has 15 aromatic carbocycles. The van der Waals surface area contributed by atoms with Crippen molar-refractivity contribution in [2.75, 3.05) is 9.33 Å². The normalized spacial score (nSPS) is 16.1. The lowest BCUT2D eigenvalue weighted by molar-refractivity contribution is 0.621. The van der Waals surface area contributed by atoms with Crippen molar-refractivity contribution in [3.63, 3.8) is 0 Å². The van der Waals surface area contributed by atoms with E-state index in [4.69, 9.17) is 4.99 Å². The fourth-order valence-electron chi connectivity index (χ4n) is 15.7. The molecule has 0 spiro atoms. The van der Waals surface area contributed by atoms with Crippen LogP contribution in [-0.2, 0) is 0 Å². The van der Waals surface area contributed by atoms with Crippen LogP contribution in [0.4, 0.5) is 5.69 Å². The van der Waals surface area contributed by atoms with E-state index in [0.717, 1.165) is 22.1 Å². The molecular formula is C84H54IN3. The van der Waals surface area contributed by atoms with Gasteiger partial charge in [0.1, 0.15) is 0 Å². The van der Waals surface area contributed by atoms with Crippen LogP contribution in [0.25, 0.3) is 141 Å². The summed E-state index contributed by atoms with van der Waals surface area (Å²) in [5.74, 6) is 0. The van der Waals surface area contributed by atoms with Gasteiger partial charge in [-0.05, 0) is 187 Å². The second-order valence-electron chi connectivity index (χ2n) is 24.3. The second-order valence-corrected chi connectivity index (χ2v) is 26.8. The van der Waals surface area contributed by atoms with Gasteiger partial charge in [0.05, 0.1) is 33.7 Å². The average Bonchev–Trinajstić information content (AvgIpc) is 1.49. The van der Waals surface area contributed by atoms with E-state index < -0.39 is 20.7 Å². The van der Waals surface area contributed by atoms with E-state index in [1.54, 1.807) is 0 Å². The minimum absolute atomic E-state index is 0.371. The number of nitrogens with zero attached hydrogens (tertiary/aromatic N) is 3. The number of allylic oxidation sites excluding steroid dienone is 4. The van der Waals surface area contributed by atoms with Crippen LogP contribution >= 0.6 is 20.7 Å². The van der Waals surface area contributed by atoms with Crippen molar-refractivity contribution < 1.29 is 0 Å². The predicted molar refractivity (Wildman–Crippen MR) is 388 cm³/mol. The van der Waals surface area contributed by atoms with Gasteiger partial charge in [-0.25, -0.2) is 4.99 Å². The molecule has 412 valence electrons. The van der Waals surface area contributed by atoms with Gasteiger partial charge in [-0.15, -0.1) is 0 Å². The number of para-hydroxylation sites is 2. The molecule has 0 N–H and O–H groups in total. The summed E-state index contributed by atoms with van der Waals surface area (Å²) in [6, 6.07) is 100.0. The lowest BCUT2D eigenvalue weighted by Gasteiger charge is -2.39. The number of aliphatic imine (C=N–C) groups is 1. The zero-order chi connectivity index (χ0) is 57.8. The lowest BCUT2D eigenvalue weighted by atomic mass is 9.80. The molecule has 1 aromatic heterocycles. The van der Waals surface area contributed by atoms with Gasteiger partial charge in [-0.1, -0.05) is 251 Å². The molecule has 19 rings (SSSR count). The highest BCUT2D eigenvalue weighted by Crippen LogP contribution is 2.54. The molecule has 1 atom stereocenters. The van der Waals surface area contributed by atoms with Gasteiger partial charge < -0.3 is 9.47 Å². The van der Waals surface area contributed by atoms with E-state index in [1.807, 2.05) is 0 Å². The van der Waals surface area contributed by atoms with Crippen LogP contribution in [0.1, 0.15) is 35.6 Å². The van der Waals surface area contributed by atoms with Crippen LogP contribution < -0.4 is 4.90 Å². The SMILES string of the molecule is CC12CC=C(c3ccc4c(c3)c3ccccc3n4-c3cccc4c5ccccc5c5ccccc5c34)C=C1c1ccccc1N2C1=ICC(c2ccc3c4ccccc4c4ccccc4c3c2)=CC(c2ccc3c4ccccc4c4ccccc4c3c2)=N1. The van der Waals surface area contributed by atoms with Crippen molar-refractivity contribution >= 4 is 171 Å². The molecule has 3 aliphatic rings. The summed E-state index contributed by atoms with van der Waals surface area (Å²) in [6.07, 6.45) is 8.30. The molecule has 1 aliphatic carbocycles. The number of aromatic nitrogens is 1. The molecule has 0 fully saturated rings. The van der Waals surface area contributed by atoms with Crippen LogP contribution in [0.3, 0.4) is 0 Å². The largest absolute Gasteiger partial charge is 0.311 e. The number of fused-ring (bicyclic) bond motifs is 24. The Morgan fingerprint density at radius 3 is 1.40 bits per heavy atom. The molecule has 0 radical (unpaired) electrons. The number of hydrogen-bond donors (Lipinski definition) is 0. The Kier molecular flexibility index (Phi) is 10.8. The first-order valence-electron chi connectivity index (χ1n) is 30.6. The maximum atomic E-state index is 6.04. The Balaban J connectivity index is 0.757. The fourth-order valence-corrected chi connectivity index (χ4v) is 18.6. The molecule has 0 saturated heterocycles. The number of hydrogen-bond acceptors (Lipinski definition) is 2. The van der Waals surface area contributed by atoms with E-state index >= 15 is 0 Å². The number of halogens is 1. The highest BCUT2D eigenvalue weighted by Gasteiger charge is 2.47. The highest BCUT2D eigenvalue weighted by atomic mass is 127. The molecule has 16 aromatic rings. The number of benzene rings is 15. The fraction of sp³-hybridized carbons (Fsp3) is 0.0476. The van der Waals surface area contributed by atoms with Crippen LogP contribution in [-0.4, -0.2) is 24.0 Å². The Hall–Kier alpha value is -10.3. The van der Waals surface area contributed by atoms with Crippen molar-refractivity contribution in [1.29, 1.82) is 0 Å². The van der Waals surface area contributed by atoms with E-state index in [0.29, 0.717) is 0 Å². The van der Waals surface area contributed by atoms with Gasteiger partial charge in [0, 0.05) is 31.7 Å². The number of alkyl halides is 1. The topological polar surface area (TPSA) is 20.5 Å². The third-order valence-electron chi connectivity index (χ3n) is 19.7. The smallest absolute Gasteiger partial charge is 0.163 e. The van der Waals surface area contributed by atoms with E-state index in [1.165, 1.54) is 167 Å². The minimum Gasteiger partial charge on any atom is -0.311 e. The van der Waals surface area contributed by atoms with Crippen LogP contribution in [0, 0.1) is 0 Å². The van der Waals surface area contributed by atoms with Crippen LogP contribution in [0.15, 0.2) is 290 Å². The first kappa shape index (κ1) is 49.9. The second kappa shape index (κ2) is 19.1. The molecular weight excluding hydrogens is 1180 g/mol. The zero-order valence-corrected chi connectivity index (χ0v) is 50.4. The average molecular weight is 1230 g/mol. The molecule has 4 heteroatoms. The van der Waals surface area contributed by atoms with Gasteiger partial charge in [-0.2, -0.15) is 0 Å². The number of rotatable bonds is 5. The summed E-state index contributed by atoms with van der Waals surface area (Å²) in [5.41, 5.74) is 14.3. The molecule has 0 saturated carbocycles. The third-order valence-corrected chi connectivity index (χ3v) is 22.3. The maximum Gasteiger partial charge on any atom is 0.163 e. The summed E-state index contributed by atoms with van der Waals surface area (Å²) >= 11 is -0.671. The van der Waals surface area contributed by atoms with Crippen molar-refractivity contribution in [1.82, 2.24) is 4.57 Å². The molecule has 0 bridgehead atoms. The van der Waals surface area contributed by atoms with Gasteiger partial charge >= 0.3 is 0 Å². The Morgan fingerprint density at radius 1 is 0.364 bits per heavy atom. The third kappa shape index (κ3) is 7.24. The van der Waals surface area contributed by atoms with Crippen molar-refractivity contribution in [2.45, 2.75) is 18.9 Å². The van der Waals surface area contributed by atoms with Crippen LogP contribution in [0.5, 0.6) is 0 Å². The standard InChI is InChI=1S/C84H54IN3/c1-84-44-43-53(51-39-42-79-75(46-51)69-30-14-16-34-78(69)87(79)81-36-18-33-71-64-26-9-6-25-62(64)63-27-12-13-31-70(63)82(71)81)48-76(84)72-32-15-17-35-80(72)88(84)83-85-50-55(52-37-40-67-60-23-4-2-19-56(60)58-21-7-10-28-65(58)73(67)45-52)49-77(86-83)54-38-41-68-61-24-5-3-20-57(61)59-22-8-11-29-66(59)74(68)47-54/h2-43,45-49H,44,50H2,1H3. The van der Waals surface area contributed by atoms with E-state index in [-0.39, 0.29) is 5.54 Å². The van der Waals surface area contributed by atoms with Crippen molar-refractivity contribution in [3.05, 3.63) is 307 Å².